The average molecular weight is 333 g/mol. The van der Waals surface area contributed by atoms with E-state index in [1.54, 1.807) is 17.0 Å². The standard InChI is InChI=1S/C17H17F2N3O2/c1-17(2)9-22(10-17)16(23)21-15-6-4-12(8-20-15)24-11-3-5-13(18)14(19)7-11/h3-8H,9-10H2,1-2H3,(H,20,21,23). The predicted molar refractivity (Wildman–Crippen MR) is 85.0 cm³/mol. The number of benzene rings is 1. The monoisotopic (exact) mass is 333 g/mol. The van der Waals surface area contributed by atoms with Crippen LogP contribution >= 0.6 is 0 Å². The number of carbonyl (C=O) groups is 1. The molecule has 0 bridgehead atoms. The van der Waals surface area contributed by atoms with Crippen molar-refractivity contribution in [3.05, 3.63) is 48.2 Å². The summed E-state index contributed by atoms with van der Waals surface area (Å²) >= 11 is 0. The van der Waals surface area contributed by atoms with Gasteiger partial charge in [0.05, 0.1) is 6.20 Å². The second-order valence-corrected chi connectivity index (χ2v) is 6.51. The molecule has 7 heteroatoms. The minimum atomic E-state index is -0.984. The summed E-state index contributed by atoms with van der Waals surface area (Å²) < 4.78 is 31.4. The van der Waals surface area contributed by atoms with Gasteiger partial charge >= 0.3 is 6.03 Å². The van der Waals surface area contributed by atoms with Crippen molar-refractivity contribution in [1.29, 1.82) is 0 Å². The molecule has 1 aromatic heterocycles. The van der Waals surface area contributed by atoms with Crippen LogP contribution in [0.3, 0.4) is 0 Å². The summed E-state index contributed by atoms with van der Waals surface area (Å²) in [5, 5.41) is 2.70. The minimum Gasteiger partial charge on any atom is -0.456 e. The number of urea groups is 1. The van der Waals surface area contributed by atoms with E-state index in [1.807, 2.05) is 0 Å². The molecule has 0 radical (unpaired) electrons. The topological polar surface area (TPSA) is 54.5 Å². The summed E-state index contributed by atoms with van der Waals surface area (Å²) in [4.78, 5) is 17.8. The third-order valence-electron chi connectivity index (χ3n) is 3.62. The fourth-order valence-electron chi connectivity index (χ4n) is 2.51. The van der Waals surface area contributed by atoms with Gasteiger partial charge in [-0.25, -0.2) is 18.6 Å². The molecule has 2 aromatic rings. The fraction of sp³-hybridized carbons (Fsp3) is 0.294. The highest BCUT2D eigenvalue weighted by Gasteiger charge is 2.37. The minimum absolute atomic E-state index is 0.160. The number of aromatic nitrogens is 1. The summed E-state index contributed by atoms with van der Waals surface area (Å²) in [5.74, 6) is -1.02. The van der Waals surface area contributed by atoms with E-state index in [-0.39, 0.29) is 17.2 Å². The average Bonchev–Trinajstić information content (AvgIpc) is 2.50. The van der Waals surface area contributed by atoms with Crippen molar-refractivity contribution >= 4 is 11.8 Å². The second kappa shape index (κ2) is 6.07. The molecule has 3 rings (SSSR count). The maximum Gasteiger partial charge on any atom is 0.323 e. The quantitative estimate of drug-likeness (QED) is 0.923. The van der Waals surface area contributed by atoms with Crippen LogP contribution in [0.5, 0.6) is 11.5 Å². The Hall–Kier alpha value is -2.70. The third kappa shape index (κ3) is 3.61. The molecule has 0 atom stereocenters. The maximum atomic E-state index is 13.1. The molecule has 0 unspecified atom stereocenters. The zero-order chi connectivity index (χ0) is 17.3. The van der Waals surface area contributed by atoms with Crippen LogP contribution in [0.25, 0.3) is 0 Å². The Morgan fingerprint density at radius 3 is 2.46 bits per heavy atom. The molecule has 1 aliphatic heterocycles. The first kappa shape index (κ1) is 16.2. The van der Waals surface area contributed by atoms with Crippen molar-refractivity contribution in [3.8, 4) is 11.5 Å². The number of likely N-dealkylation sites (tertiary alicyclic amines) is 1. The summed E-state index contributed by atoms with van der Waals surface area (Å²) in [6.45, 7) is 5.60. The number of pyridine rings is 1. The number of anilines is 1. The Kier molecular flexibility index (Phi) is 4.09. The Balaban J connectivity index is 1.59. The number of nitrogens with zero attached hydrogens (tertiary/aromatic N) is 2. The largest absolute Gasteiger partial charge is 0.456 e. The van der Waals surface area contributed by atoms with E-state index in [2.05, 4.69) is 24.1 Å². The van der Waals surface area contributed by atoms with E-state index in [9.17, 15) is 13.6 Å². The van der Waals surface area contributed by atoms with Crippen LogP contribution in [0.2, 0.25) is 0 Å². The van der Waals surface area contributed by atoms with Gasteiger partial charge in [0.25, 0.3) is 0 Å². The highest BCUT2D eigenvalue weighted by Crippen LogP contribution is 2.29. The highest BCUT2D eigenvalue weighted by atomic mass is 19.2. The summed E-state index contributed by atoms with van der Waals surface area (Å²) in [6.07, 6.45) is 1.40. The molecule has 2 heterocycles. The van der Waals surface area contributed by atoms with E-state index in [0.29, 0.717) is 24.7 Å². The summed E-state index contributed by atoms with van der Waals surface area (Å²) in [7, 11) is 0. The lowest BCUT2D eigenvalue weighted by Gasteiger charge is -2.45. The van der Waals surface area contributed by atoms with Crippen molar-refractivity contribution in [2.24, 2.45) is 5.41 Å². The summed E-state index contributed by atoms with van der Waals surface area (Å²) in [5.41, 5.74) is 0.160. The van der Waals surface area contributed by atoms with Crippen LogP contribution in [0.1, 0.15) is 13.8 Å². The Morgan fingerprint density at radius 1 is 1.17 bits per heavy atom. The van der Waals surface area contributed by atoms with Gasteiger partial charge in [-0.2, -0.15) is 0 Å². The lowest BCUT2D eigenvalue weighted by atomic mass is 9.85. The molecule has 0 spiro atoms. The Bertz CT molecular complexity index is 755. The summed E-state index contributed by atoms with van der Waals surface area (Å²) in [6, 6.07) is 6.23. The first-order valence-corrected chi connectivity index (χ1v) is 7.47. The predicted octanol–water partition coefficient (Wildman–Crippen LogP) is 4.03. The van der Waals surface area contributed by atoms with Gasteiger partial charge in [0, 0.05) is 24.6 Å². The number of hydrogen-bond acceptors (Lipinski definition) is 3. The van der Waals surface area contributed by atoms with Crippen molar-refractivity contribution in [1.82, 2.24) is 9.88 Å². The highest BCUT2D eigenvalue weighted by molar-refractivity contribution is 5.89. The SMILES string of the molecule is CC1(C)CN(C(=O)Nc2ccc(Oc3ccc(F)c(F)c3)cn2)C1. The van der Waals surface area contributed by atoms with Crippen LogP contribution in [0, 0.1) is 17.0 Å². The molecule has 0 saturated carbocycles. The molecule has 24 heavy (non-hydrogen) atoms. The van der Waals surface area contributed by atoms with Gasteiger partial charge in [-0.05, 0) is 24.3 Å². The number of nitrogens with one attached hydrogen (secondary N) is 1. The van der Waals surface area contributed by atoms with Crippen LogP contribution in [-0.2, 0) is 0 Å². The lowest BCUT2D eigenvalue weighted by molar-refractivity contribution is 0.0687. The van der Waals surface area contributed by atoms with Gasteiger partial charge in [0.1, 0.15) is 17.3 Å². The third-order valence-corrected chi connectivity index (χ3v) is 3.62. The lowest BCUT2D eigenvalue weighted by Crippen LogP contribution is -2.56. The maximum absolute atomic E-state index is 13.1. The van der Waals surface area contributed by atoms with E-state index in [1.165, 1.54) is 12.3 Å². The second-order valence-electron chi connectivity index (χ2n) is 6.51. The Morgan fingerprint density at radius 2 is 1.88 bits per heavy atom. The smallest absolute Gasteiger partial charge is 0.323 e. The van der Waals surface area contributed by atoms with Crippen molar-refractivity contribution in [3.63, 3.8) is 0 Å². The molecular weight excluding hydrogens is 316 g/mol. The van der Waals surface area contributed by atoms with Crippen molar-refractivity contribution in [2.75, 3.05) is 18.4 Å². The molecule has 126 valence electrons. The number of ether oxygens (including phenoxy) is 1. The number of hydrogen-bond donors (Lipinski definition) is 1. The number of carbonyl (C=O) groups excluding carboxylic acids is 1. The van der Waals surface area contributed by atoms with Crippen LogP contribution < -0.4 is 10.1 Å². The van der Waals surface area contributed by atoms with Gasteiger partial charge in [-0.1, -0.05) is 13.8 Å². The van der Waals surface area contributed by atoms with E-state index in [4.69, 9.17) is 4.74 Å². The molecule has 0 aliphatic carbocycles. The normalized spacial score (nSPS) is 15.6. The fourth-order valence-corrected chi connectivity index (χ4v) is 2.51. The molecule has 1 aliphatic rings. The molecule has 1 fully saturated rings. The van der Waals surface area contributed by atoms with Gasteiger partial charge in [0.2, 0.25) is 0 Å². The van der Waals surface area contributed by atoms with Gasteiger partial charge in [-0.3, -0.25) is 5.32 Å². The number of amides is 2. The molecular formula is C17H17F2N3O2. The van der Waals surface area contributed by atoms with Crippen molar-refractivity contribution < 1.29 is 18.3 Å². The van der Waals surface area contributed by atoms with Crippen LogP contribution in [0.4, 0.5) is 19.4 Å². The van der Waals surface area contributed by atoms with E-state index >= 15 is 0 Å². The van der Waals surface area contributed by atoms with Gasteiger partial charge in [0.15, 0.2) is 11.6 Å². The molecule has 1 aromatic carbocycles. The van der Waals surface area contributed by atoms with Crippen LogP contribution in [0.15, 0.2) is 36.5 Å². The van der Waals surface area contributed by atoms with E-state index in [0.717, 1.165) is 12.1 Å². The van der Waals surface area contributed by atoms with Crippen molar-refractivity contribution in [2.45, 2.75) is 13.8 Å². The Labute approximate surface area is 138 Å². The van der Waals surface area contributed by atoms with E-state index < -0.39 is 11.6 Å². The first-order valence-electron chi connectivity index (χ1n) is 7.47. The number of rotatable bonds is 3. The first-order chi connectivity index (χ1) is 11.3. The molecule has 5 nitrogen and oxygen atoms in total. The zero-order valence-electron chi connectivity index (χ0n) is 13.3. The van der Waals surface area contributed by atoms with Gasteiger partial charge in [-0.15, -0.1) is 0 Å². The molecule has 2 amide bonds. The van der Waals surface area contributed by atoms with Gasteiger partial charge < -0.3 is 9.64 Å². The van der Waals surface area contributed by atoms with Crippen LogP contribution in [-0.4, -0.2) is 29.0 Å². The molecule has 1 saturated heterocycles. The molecule has 1 N–H and O–H groups in total. The zero-order valence-corrected chi connectivity index (χ0v) is 13.3. The number of halogens is 2.